The summed E-state index contributed by atoms with van der Waals surface area (Å²) in [5.41, 5.74) is 4.42. The summed E-state index contributed by atoms with van der Waals surface area (Å²) < 4.78 is 8.76. The Morgan fingerprint density at radius 1 is 1.15 bits per heavy atom. The van der Waals surface area contributed by atoms with Gasteiger partial charge in [0, 0.05) is 23.9 Å². The average Bonchev–Trinajstić information content (AvgIpc) is 2.99. The fourth-order valence-corrected chi connectivity index (χ4v) is 3.79. The number of ether oxygens (including phenoxy) is 1. The molecule has 0 saturated carbocycles. The van der Waals surface area contributed by atoms with Crippen LogP contribution in [0.15, 0.2) is 23.0 Å². The van der Waals surface area contributed by atoms with E-state index in [4.69, 9.17) is 9.84 Å². The molecular formula is C21H28N4O2. The molecule has 3 heterocycles. The lowest BCUT2D eigenvalue weighted by molar-refractivity contribution is 0.397. The van der Waals surface area contributed by atoms with Crippen molar-refractivity contribution in [2.45, 2.75) is 59.9 Å². The Morgan fingerprint density at radius 3 is 2.41 bits per heavy atom. The van der Waals surface area contributed by atoms with Crippen molar-refractivity contribution in [3.8, 4) is 17.3 Å². The average molecular weight is 368 g/mol. The number of rotatable bonds is 6. The first-order chi connectivity index (χ1) is 13.0. The summed E-state index contributed by atoms with van der Waals surface area (Å²) in [4.78, 5) is 17.9. The minimum Gasteiger partial charge on any atom is -0.481 e. The van der Waals surface area contributed by atoms with E-state index in [-0.39, 0.29) is 5.56 Å². The summed E-state index contributed by atoms with van der Waals surface area (Å²) in [5.74, 6) is 1.55. The zero-order valence-corrected chi connectivity index (χ0v) is 17.0. The number of nitrogens with zero attached hydrogens (tertiary/aromatic N) is 4. The van der Waals surface area contributed by atoms with Crippen LogP contribution in [0.3, 0.4) is 0 Å². The predicted molar refractivity (Wildman–Crippen MR) is 108 cm³/mol. The number of pyridine rings is 1. The molecule has 3 aromatic heterocycles. The van der Waals surface area contributed by atoms with Crippen molar-refractivity contribution in [2.24, 2.45) is 0 Å². The van der Waals surface area contributed by atoms with E-state index in [1.807, 2.05) is 26.8 Å². The van der Waals surface area contributed by atoms with Gasteiger partial charge in [-0.3, -0.25) is 9.36 Å². The van der Waals surface area contributed by atoms with E-state index < -0.39 is 0 Å². The monoisotopic (exact) mass is 368 g/mol. The number of fused-ring (bicyclic) bond motifs is 1. The molecule has 0 bridgehead atoms. The molecule has 0 amide bonds. The largest absolute Gasteiger partial charge is 0.481 e. The maximum absolute atomic E-state index is 13.4. The Hall–Kier alpha value is -2.63. The Kier molecular flexibility index (Phi) is 5.35. The molecule has 0 aliphatic carbocycles. The Labute approximate surface area is 159 Å². The van der Waals surface area contributed by atoms with Gasteiger partial charge in [0.25, 0.3) is 5.56 Å². The van der Waals surface area contributed by atoms with Crippen LogP contribution in [0, 0.1) is 13.8 Å². The van der Waals surface area contributed by atoms with Crippen molar-refractivity contribution in [1.82, 2.24) is 19.2 Å². The molecule has 27 heavy (non-hydrogen) atoms. The summed E-state index contributed by atoms with van der Waals surface area (Å²) in [7, 11) is 1.59. The van der Waals surface area contributed by atoms with E-state index in [2.05, 4.69) is 24.9 Å². The second kappa shape index (κ2) is 7.55. The summed E-state index contributed by atoms with van der Waals surface area (Å²) in [6.45, 7) is 10.8. The molecule has 0 unspecified atom stereocenters. The zero-order chi connectivity index (χ0) is 19.7. The van der Waals surface area contributed by atoms with Crippen LogP contribution in [0.5, 0.6) is 5.88 Å². The van der Waals surface area contributed by atoms with Crippen molar-refractivity contribution in [1.29, 1.82) is 0 Å². The third-order valence-corrected chi connectivity index (χ3v) is 5.33. The van der Waals surface area contributed by atoms with Crippen LogP contribution in [-0.4, -0.2) is 26.3 Å². The van der Waals surface area contributed by atoms with Crippen LogP contribution in [0.4, 0.5) is 0 Å². The Balaban J connectivity index is 2.34. The van der Waals surface area contributed by atoms with E-state index in [1.54, 1.807) is 22.3 Å². The number of methoxy groups -OCH3 is 1. The lowest BCUT2D eigenvalue weighted by atomic mass is 9.95. The molecule has 0 aromatic carbocycles. The smallest absolute Gasteiger partial charge is 0.278 e. The molecule has 0 N–H and O–H groups in total. The first-order valence-electron chi connectivity index (χ1n) is 9.61. The highest BCUT2D eigenvalue weighted by atomic mass is 16.5. The standard InChI is InChI=1S/C21H28N4O2/c1-7-15(8-2)17-12-13(4)25-19(17)21(26)24(9-3)20(23-25)16-10-11-18(27-6)22-14(16)5/h10-12,15H,7-9H2,1-6H3. The van der Waals surface area contributed by atoms with Crippen LogP contribution >= 0.6 is 0 Å². The molecule has 0 aliphatic rings. The quantitative estimate of drug-likeness (QED) is 0.657. The van der Waals surface area contributed by atoms with Crippen LogP contribution in [-0.2, 0) is 6.54 Å². The van der Waals surface area contributed by atoms with Gasteiger partial charge in [-0.05, 0) is 57.2 Å². The second-order valence-corrected chi connectivity index (χ2v) is 6.87. The van der Waals surface area contributed by atoms with Gasteiger partial charge in [-0.2, -0.15) is 0 Å². The molecule has 6 nitrogen and oxygen atoms in total. The van der Waals surface area contributed by atoms with Crippen molar-refractivity contribution in [3.05, 3.63) is 45.5 Å². The van der Waals surface area contributed by atoms with Crippen molar-refractivity contribution >= 4 is 5.52 Å². The lowest BCUT2D eigenvalue weighted by Crippen LogP contribution is -2.26. The van der Waals surface area contributed by atoms with Crippen molar-refractivity contribution in [2.75, 3.05) is 7.11 Å². The molecule has 144 valence electrons. The number of aromatic nitrogens is 4. The van der Waals surface area contributed by atoms with Crippen LogP contribution in [0.25, 0.3) is 16.9 Å². The molecule has 3 aromatic rings. The highest BCUT2D eigenvalue weighted by Crippen LogP contribution is 2.29. The molecule has 3 rings (SSSR count). The van der Waals surface area contributed by atoms with Gasteiger partial charge in [-0.25, -0.2) is 9.50 Å². The van der Waals surface area contributed by atoms with Crippen LogP contribution < -0.4 is 10.3 Å². The summed E-state index contributed by atoms with van der Waals surface area (Å²) in [5, 5.41) is 4.86. The van der Waals surface area contributed by atoms with Crippen molar-refractivity contribution < 1.29 is 4.74 Å². The highest BCUT2D eigenvalue weighted by molar-refractivity contribution is 5.63. The van der Waals surface area contributed by atoms with Gasteiger partial charge in [0.2, 0.25) is 5.88 Å². The maximum Gasteiger partial charge on any atom is 0.278 e. The van der Waals surface area contributed by atoms with Crippen molar-refractivity contribution in [3.63, 3.8) is 0 Å². The molecule has 0 spiro atoms. The van der Waals surface area contributed by atoms with E-state index in [0.717, 1.165) is 35.4 Å². The lowest BCUT2D eigenvalue weighted by Gasteiger charge is -2.15. The van der Waals surface area contributed by atoms with Gasteiger partial charge < -0.3 is 4.74 Å². The molecule has 0 fully saturated rings. The number of aryl methyl sites for hydroxylation is 2. The molecule has 0 saturated heterocycles. The van der Waals surface area contributed by atoms with Gasteiger partial charge in [-0.1, -0.05) is 13.8 Å². The van der Waals surface area contributed by atoms with E-state index >= 15 is 0 Å². The molecular weight excluding hydrogens is 340 g/mol. The highest BCUT2D eigenvalue weighted by Gasteiger charge is 2.22. The summed E-state index contributed by atoms with van der Waals surface area (Å²) >= 11 is 0. The minimum absolute atomic E-state index is 0.00715. The first kappa shape index (κ1) is 19.1. The number of hydrogen-bond donors (Lipinski definition) is 0. The zero-order valence-electron chi connectivity index (χ0n) is 17.0. The van der Waals surface area contributed by atoms with Gasteiger partial charge in [0.1, 0.15) is 5.52 Å². The second-order valence-electron chi connectivity index (χ2n) is 6.87. The molecule has 6 heteroatoms. The van der Waals surface area contributed by atoms with E-state index in [9.17, 15) is 4.79 Å². The Morgan fingerprint density at radius 2 is 1.85 bits per heavy atom. The maximum atomic E-state index is 13.4. The van der Waals surface area contributed by atoms with Crippen LogP contribution in [0.2, 0.25) is 0 Å². The van der Waals surface area contributed by atoms with Gasteiger partial charge in [0.15, 0.2) is 5.82 Å². The fraction of sp³-hybridized carbons (Fsp3) is 0.476. The minimum atomic E-state index is 0.00715. The Bertz CT molecular complexity index is 1030. The summed E-state index contributed by atoms with van der Waals surface area (Å²) in [6, 6.07) is 5.84. The van der Waals surface area contributed by atoms with Gasteiger partial charge in [0.05, 0.1) is 12.8 Å². The third-order valence-electron chi connectivity index (χ3n) is 5.33. The van der Waals surface area contributed by atoms with Crippen LogP contribution in [0.1, 0.15) is 56.5 Å². The fourth-order valence-electron chi connectivity index (χ4n) is 3.79. The summed E-state index contributed by atoms with van der Waals surface area (Å²) in [6.07, 6.45) is 2.01. The van der Waals surface area contributed by atoms with E-state index in [0.29, 0.717) is 29.7 Å². The predicted octanol–water partition coefficient (Wildman–Crippen LogP) is 4.11. The normalized spacial score (nSPS) is 11.5. The third kappa shape index (κ3) is 3.13. The molecule has 0 atom stereocenters. The molecule has 0 radical (unpaired) electrons. The SMILES string of the molecule is CCC(CC)c1cc(C)n2nc(-c3ccc(OC)nc3C)n(CC)c(=O)c12. The molecule has 0 aliphatic heterocycles. The van der Waals surface area contributed by atoms with Gasteiger partial charge in [-0.15, -0.1) is 5.10 Å². The van der Waals surface area contributed by atoms with Gasteiger partial charge >= 0.3 is 0 Å². The first-order valence-corrected chi connectivity index (χ1v) is 9.61. The topological polar surface area (TPSA) is 61.4 Å². The number of hydrogen-bond acceptors (Lipinski definition) is 4. The van der Waals surface area contributed by atoms with E-state index in [1.165, 1.54) is 0 Å².